The number of benzene rings is 1. The van der Waals surface area contributed by atoms with Gasteiger partial charge in [-0.05, 0) is 13.0 Å². The fourth-order valence-electron chi connectivity index (χ4n) is 1.46. The molecule has 0 aliphatic heterocycles. The first-order valence-electron chi connectivity index (χ1n) is 4.90. The zero-order chi connectivity index (χ0) is 11.5. The van der Waals surface area contributed by atoms with Crippen molar-refractivity contribution in [2.75, 3.05) is 0 Å². The van der Waals surface area contributed by atoms with Gasteiger partial charge < -0.3 is 0 Å². The Kier molecular flexibility index (Phi) is 3.19. The molecule has 0 unspecified atom stereocenters. The Morgan fingerprint density at radius 1 is 1.38 bits per heavy atom. The Morgan fingerprint density at radius 2 is 2.12 bits per heavy atom. The average Bonchev–Trinajstić information content (AvgIpc) is 2.63. The molecule has 5 heteroatoms. The van der Waals surface area contributed by atoms with Crippen molar-refractivity contribution in [1.29, 1.82) is 0 Å². The predicted octanol–water partition coefficient (Wildman–Crippen LogP) is 2.51. The third-order valence-electron chi connectivity index (χ3n) is 2.48. The lowest BCUT2D eigenvalue weighted by Gasteiger charge is -2.04. The molecule has 0 amide bonds. The summed E-state index contributed by atoms with van der Waals surface area (Å²) in [7, 11) is 0. The summed E-state index contributed by atoms with van der Waals surface area (Å²) in [6, 6.07) is 6.63. The molecule has 3 nitrogen and oxygen atoms in total. The van der Waals surface area contributed by atoms with Gasteiger partial charge in [0.15, 0.2) is 0 Å². The first-order chi connectivity index (χ1) is 7.72. The molecule has 0 radical (unpaired) electrons. The average molecular weight is 240 g/mol. The first kappa shape index (κ1) is 11.1. The van der Waals surface area contributed by atoms with Gasteiger partial charge in [-0.2, -0.15) is 0 Å². The highest BCUT2D eigenvalue weighted by molar-refractivity contribution is 6.16. The van der Waals surface area contributed by atoms with E-state index in [4.69, 9.17) is 11.6 Å². The number of alkyl halides is 1. The van der Waals surface area contributed by atoms with Crippen LogP contribution in [-0.4, -0.2) is 15.0 Å². The van der Waals surface area contributed by atoms with Crippen LogP contribution in [0.4, 0.5) is 4.39 Å². The summed E-state index contributed by atoms with van der Waals surface area (Å²) in [6.45, 7) is 2.25. The minimum atomic E-state index is -0.232. The number of rotatable bonds is 3. The van der Waals surface area contributed by atoms with E-state index >= 15 is 0 Å². The van der Waals surface area contributed by atoms with Gasteiger partial charge in [-0.1, -0.05) is 23.4 Å². The van der Waals surface area contributed by atoms with Crippen molar-refractivity contribution < 1.29 is 4.39 Å². The molecule has 0 fully saturated rings. The van der Waals surface area contributed by atoms with Crippen molar-refractivity contribution in [2.24, 2.45) is 0 Å². The third-order valence-corrected chi connectivity index (χ3v) is 2.74. The lowest BCUT2D eigenvalue weighted by Crippen LogP contribution is -2.05. The molecule has 2 rings (SSSR count). The van der Waals surface area contributed by atoms with Crippen LogP contribution in [0.1, 0.15) is 17.0 Å². The second kappa shape index (κ2) is 4.61. The van der Waals surface area contributed by atoms with Crippen molar-refractivity contribution in [2.45, 2.75) is 19.3 Å². The van der Waals surface area contributed by atoms with E-state index in [0.29, 0.717) is 18.0 Å². The second-order valence-corrected chi connectivity index (χ2v) is 3.77. The molecule has 0 N–H and O–H groups in total. The molecule has 1 heterocycles. The highest BCUT2D eigenvalue weighted by Crippen LogP contribution is 2.11. The number of hydrogen-bond donors (Lipinski definition) is 0. The molecule has 0 atom stereocenters. The summed E-state index contributed by atoms with van der Waals surface area (Å²) in [5.74, 6) is 0.0909. The maximum Gasteiger partial charge on any atom is 0.128 e. The largest absolute Gasteiger partial charge is 0.245 e. The van der Waals surface area contributed by atoms with Gasteiger partial charge in [0, 0.05) is 5.56 Å². The zero-order valence-electron chi connectivity index (χ0n) is 8.82. The molecule has 0 saturated carbocycles. The summed E-state index contributed by atoms with van der Waals surface area (Å²) in [5, 5.41) is 7.86. The van der Waals surface area contributed by atoms with Crippen molar-refractivity contribution in [3.05, 3.63) is 47.0 Å². The van der Waals surface area contributed by atoms with Gasteiger partial charge in [-0.25, -0.2) is 9.07 Å². The second-order valence-electron chi connectivity index (χ2n) is 3.50. The number of aromatic nitrogens is 3. The van der Waals surface area contributed by atoms with Gasteiger partial charge >= 0.3 is 0 Å². The molecule has 0 bridgehead atoms. The van der Waals surface area contributed by atoms with Crippen LogP contribution >= 0.6 is 11.6 Å². The van der Waals surface area contributed by atoms with Crippen LogP contribution in [0.25, 0.3) is 0 Å². The Bertz CT molecular complexity index is 496. The summed E-state index contributed by atoms with van der Waals surface area (Å²) in [4.78, 5) is 0. The molecule has 84 valence electrons. The van der Waals surface area contributed by atoms with E-state index in [1.165, 1.54) is 6.07 Å². The van der Waals surface area contributed by atoms with Crippen molar-refractivity contribution >= 4 is 11.6 Å². The Labute approximate surface area is 97.8 Å². The van der Waals surface area contributed by atoms with Crippen LogP contribution in [0.5, 0.6) is 0 Å². The fourth-order valence-corrected chi connectivity index (χ4v) is 1.70. The molecule has 0 saturated heterocycles. The van der Waals surface area contributed by atoms with Crippen molar-refractivity contribution in [1.82, 2.24) is 15.0 Å². The Morgan fingerprint density at radius 3 is 2.75 bits per heavy atom. The maximum atomic E-state index is 13.4. The van der Waals surface area contributed by atoms with Gasteiger partial charge in [0.1, 0.15) is 11.5 Å². The fraction of sp³-hybridized carbons (Fsp3) is 0.273. The highest BCUT2D eigenvalue weighted by Gasteiger charge is 2.09. The molecule has 0 aliphatic rings. The van der Waals surface area contributed by atoms with E-state index in [2.05, 4.69) is 10.3 Å². The Hall–Kier alpha value is -1.42. The summed E-state index contributed by atoms with van der Waals surface area (Å²) < 4.78 is 15.1. The van der Waals surface area contributed by atoms with E-state index in [0.717, 1.165) is 11.4 Å². The van der Waals surface area contributed by atoms with Crippen LogP contribution in [-0.2, 0) is 12.4 Å². The number of hydrogen-bond acceptors (Lipinski definition) is 2. The number of halogens is 2. The van der Waals surface area contributed by atoms with Crippen LogP contribution in [0.2, 0.25) is 0 Å². The molecular weight excluding hydrogens is 229 g/mol. The lowest BCUT2D eigenvalue weighted by molar-refractivity contribution is 0.571. The lowest BCUT2D eigenvalue weighted by atomic mass is 10.2. The minimum Gasteiger partial charge on any atom is -0.245 e. The molecular formula is C11H11ClFN3. The smallest absolute Gasteiger partial charge is 0.128 e. The third kappa shape index (κ3) is 2.07. The molecule has 1 aromatic carbocycles. The molecule has 1 aromatic heterocycles. The van der Waals surface area contributed by atoms with E-state index in [1.54, 1.807) is 22.9 Å². The van der Waals surface area contributed by atoms with Gasteiger partial charge in [0.2, 0.25) is 0 Å². The molecule has 2 aromatic rings. The monoisotopic (exact) mass is 239 g/mol. The van der Waals surface area contributed by atoms with E-state index in [1.807, 2.05) is 6.92 Å². The molecule has 0 spiro atoms. The van der Waals surface area contributed by atoms with E-state index in [9.17, 15) is 4.39 Å². The van der Waals surface area contributed by atoms with Crippen LogP contribution in [0.3, 0.4) is 0 Å². The summed E-state index contributed by atoms with van der Waals surface area (Å²) in [5.41, 5.74) is 2.20. The normalized spacial score (nSPS) is 10.7. The highest BCUT2D eigenvalue weighted by atomic mass is 35.5. The van der Waals surface area contributed by atoms with Crippen LogP contribution in [0.15, 0.2) is 24.3 Å². The van der Waals surface area contributed by atoms with E-state index < -0.39 is 0 Å². The summed E-state index contributed by atoms with van der Waals surface area (Å²) in [6.07, 6.45) is 0. The van der Waals surface area contributed by atoms with E-state index in [-0.39, 0.29) is 5.82 Å². The Balaban J connectivity index is 2.27. The standard InChI is InChI=1S/C11H11ClFN3/c1-8-11(6-12)14-15-16(8)7-9-4-2-3-5-10(9)13/h2-5H,6-7H2,1H3. The predicted molar refractivity (Wildman–Crippen MR) is 59.8 cm³/mol. The zero-order valence-corrected chi connectivity index (χ0v) is 9.58. The SMILES string of the molecule is Cc1c(CCl)nnn1Cc1ccccc1F. The minimum absolute atomic E-state index is 0.232. The van der Waals surface area contributed by atoms with Gasteiger partial charge in [-0.15, -0.1) is 16.7 Å². The maximum absolute atomic E-state index is 13.4. The summed E-state index contributed by atoms with van der Waals surface area (Å²) >= 11 is 5.69. The van der Waals surface area contributed by atoms with Crippen molar-refractivity contribution in [3.63, 3.8) is 0 Å². The van der Waals surface area contributed by atoms with Gasteiger partial charge in [0.05, 0.1) is 18.1 Å². The quantitative estimate of drug-likeness (QED) is 0.771. The van der Waals surface area contributed by atoms with Gasteiger partial charge in [-0.3, -0.25) is 0 Å². The van der Waals surface area contributed by atoms with Crippen LogP contribution < -0.4 is 0 Å². The topological polar surface area (TPSA) is 30.7 Å². The van der Waals surface area contributed by atoms with Crippen LogP contribution in [0, 0.1) is 12.7 Å². The molecule has 16 heavy (non-hydrogen) atoms. The van der Waals surface area contributed by atoms with Crippen molar-refractivity contribution in [3.8, 4) is 0 Å². The van der Waals surface area contributed by atoms with Gasteiger partial charge in [0.25, 0.3) is 0 Å². The first-order valence-corrected chi connectivity index (χ1v) is 5.44. The molecule has 0 aliphatic carbocycles. The number of nitrogens with zero attached hydrogens (tertiary/aromatic N) is 3.